The Hall–Kier alpha value is -3.20. The molecule has 9 heteroatoms. The Balaban J connectivity index is 1.98. The molecule has 0 saturated carbocycles. The molecule has 1 aromatic carbocycles. The van der Waals surface area contributed by atoms with Gasteiger partial charge in [-0.3, -0.25) is 14.5 Å². The summed E-state index contributed by atoms with van der Waals surface area (Å²) in [5, 5.41) is 2.95. The summed E-state index contributed by atoms with van der Waals surface area (Å²) in [5.74, 6) is -1.48. The molecule has 0 spiro atoms. The molecule has 0 radical (unpaired) electrons. The molecule has 1 atom stereocenters. The third kappa shape index (κ3) is 4.78. The summed E-state index contributed by atoms with van der Waals surface area (Å²) in [6, 6.07) is 5.60. The van der Waals surface area contributed by atoms with E-state index >= 15 is 0 Å². The van der Waals surface area contributed by atoms with Gasteiger partial charge < -0.3 is 19.4 Å². The quantitative estimate of drug-likeness (QED) is 0.484. The molecule has 2 aromatic rings. The van der Waals surface area contributed by atoms with Crippen LogP contribution in [0.2, 0.25) is 0 Å². The summed E-state index contributed by atoms with van der Waals surface area (Å²) in [4.78, 5) is 45.0. The van der Waals surface area contributed by atoms with Gasteiger partial charge in [0.2, 0.25) is 5.91 Å². The zero-order valence-corrected chi connectivity index (χ0v) is 20.1. The van der Waals surface area contributed by atoms with E-state index in [0.717, 1.165) is 11.1 Å². The molecule has 0 unspecified atom stereocenters. The van der Waals surface area contributed by atoms with Gasteiger partial charge in [0.1, 0.15) is 11.2 Å². The first-order valence-corrected chi connectivity index (χ1v) is 11.0. The Morgan fingerprint density at radius 3 is 2.61 bits per heavy atom. The summed E-state index contributed by atoms with van der Waals surface area (Å²) in [6.07, 6.45) is 2.18. The molecule has 0 bridgehead atoms. The van der Waals surface area contributed by atoms with Crippen LogP contribution in [-0.2, 0) is 20.8 Å². The van der Waals surface area contributed by atoms with Crippen LogP contribution in [0.3, 0.4) is 0 Å². The minimum atomic E-state index is -1.24. The number of carbonyl (C=O) groups is 3. The predicted octanol–water partition coefficient (Wildman–Crippen LogP) is 2.64. The molecule has 1 N–H and O–H groups in total. The van der Waals surface area contributed by atoms with Crippen LogP contribution in [0.1, 0.15) is 59.3 Å². The number of esters is 1. The fourth-order valence-corrected chi connectivity index (χ4v) is 3.93. The van der Waals surface area contributed by atoms with Gasteiger partial charge in [0, 0.05) is 18.8 Å². The van der Waals surface area contributed by atoms with E-state index in [-0.39, 0.29) is 29.9 Å². The predicted molar refractivity (Wildman–Crippen MR) is 123 cm³/mol. The topological polar surface area (TPSA) is 103 Å². The highest BCUT2D eigenvalue weighted by Crippen LogP contribution is 2.34. The summed E-state index contributed by atoms with van der Waals surface area (Å²) >= 11 is 0. The van der Waals surface area contributed by atoms with Crippen molar-refractivity contribution in [3.63, 3.8) is 0 Å². The molecule has 0 saturated heterocycles. The number of rotatable bonds is 8. The van der Waals surface area contributed by atoms with E-state index in [1.54, 1.807) is 11.5 Å². The lowest BCUT2D eigenvalue weighted by atomic mass is 9.92. The highest BCUT2D eigenvalue weighted by atomic mass is 16.5. The minimum absolute atomic E-state index is 0.0652. The van der Waals surface area contributed by atoms with Crippen LogP contribution in [0, 0.1) is 13.8 Å². The van der Waals surface area contributed by atoms with E-state index in [1.165, 1.54) is 18.3 Å². The summed E-state index contributed by atoms with van der Waals surface area (Å²) in [6.45, 7) is 10.7. The van der Waals surface area contributed by atoms with E-state index < -0.39 is 17.4 Å². The Morgan fingerprint density at radius 2 is 1.97 bits per heavy atom. The molecule has 1 aromatic heterocycles. The normalized spacial score (nSPS) is 17.8. The molecular formula is C24H32N4O5. The van der Waals surface area contributed by atoms with Crippen LogP contribution in [0.4, 0.5) is 5.69 Å². The number of aromatic nitrogens is 2. The number of ether oxygens (including phenoxy) is 2. The maximum absolute atomic E-state index is 13.7. The van der Waals surface area contributed by atoms with Gasteiger partial charge in [0.25, 0.3) is 5.91 Å². The molecule has 33 heavy (non-hydrogen) atoms. The van der Waals surface area contributed by atoms with Crippen molar-refractivity contribution in [2.24, 2.45) is 0 Å². The molecule has 2 amide bonds. The Labute approximate surface area is 194 Å². The summed E-state index contributed by atoms with van der Waals surface area (Å²) in [5.41, 5.74) is 1.44. The number of hydrogen-bond donors (Lipinski definition) is 1. The Morgan fingerprint density at radius 1 is 1.24 bits per heavy atom. The van der Waals surface area contributed by atoms with Gasteiger partial charge in [0.15, 0.2) is 5.69 Å². The second-order valence-corrected chi connectivity index (χ2v) is 8.77. The highest BCUT2D eigenvalue weighted by Gasteiger charge is 2.49. The van der Waals surface area contributed by atoms with Crippen molar-refractivity contribution in [2.75, 3.05) is 25.2 Å². The van der Waals surface area contributed by atoms with Crippen molar-refractivity contribution in [2.45, 2.75) is 59.2 Å². The lowest BCUT2D eigenvalue weighted by molar-refractivity contribution is -0.126. The number of anilines is 1. The molecule has 0 aliphatic carbocycles. The van der Waals surface area contributed by atoms with E-state index in [9.17, 15) is 14.4 Å². The van der Waals surface area contributed by atoms with Crippen LogP contribution in [0.15, 0.2) is 24.5 Å². The van der Waals surface area contributed by atoms with Crippen LogP contribution in [0.5, 0.6) is 0 Å². The van der Waals surface area contributed by atoms with Crippen LogP contribution in [0.25, 0.3) is 0 Å². The number of imidazole rings is 1. The van der Waals surface area contributed by atoms with E-state index in [4.69, 9.17) is 9.47 Å². The van der Waals surface area contributed by atoms with Crippen LogP contribution >= 0.6 is 0 Å². The number of aryl methyl sites for hydroxylation is 2. The molecule has 9 nitrogen and oxygen atoms in total. The van der Waals surface area contributed by atoms with E-state index in [1.807, 2.05) is 45.9 Å². The van der Waals surface area contributed by atoms with Crippen molar-refractivity contribution in [3.8, 4) is 0 Å². The van der Waals surface area contributed by atoms with Gasteiger partial charge in [-0.2, -0.15) is 0 Å². The second kappa shape index (κ2) is 9.74. The van der Waals surface area contributed by atoms with Gasteiger partial charge >= 0.3 is 5.97 Å². The maximum atomic E-state index is 13.7. The Kier molecular flexibility index (Phi) is 7.22. The molecule has 0 fully saturated rings. The smallest absolute Gasteiger partial charge is 0.359 e. The molecule has 178 valence electrons. The fraction of sp³-hybridized carbons (Fsp3) is 0.500. The van der Waals surface area contributed by atoms with E-state index in [2.05, 4.69) is 10.3 Å². The molecule has 2 heterocycles. The average Bonchev–Trinajstić information content (AvgIpc) is 3.18. The number of nitrogens with one attached hydrogen (secondary N) is 1. The number of hydrogen-bond acceptors (Lipinski definition) is 6. The number of fused-ring (bicyclic) bond motifs is 1. The SMILES string of the molecule is COC(=O)c1ncn2c1C(=O)N(c1ccc(C)c(C)c1)[C@@](C)(C(=O)NCCCOC(C)C)C2. The van der Waals surface area contributed by atoms with Gasteiger partial charge in [-0.25, -0.2) is 9.78 Å². The number of methoxy groups -OCH3 is 1. The maximum Gasteiger partial charge on any atom is 0.359 e. The first-order valence-electron chi connectivity index (χ1n) is 11.0. The fourth-order valence-electron chi connectivity index (χ4n) is 3.93. The average molecular weight is 457 g/mol. The number of benzene rings is 1. The molecular weight excluding hydrogens is 424 g/mol. The minimum Gasteiger partial charge on any atom is -0.464 e. The first kappa shape index (κ1) is 24.4. The van der Waals surface area contributed by atoms with Gasteiger partial charge in [-0.05, 0) is 64.3 Å². The monoisotopic (exact) mass is 456 g/mol. The number of nitrogens with zero attached hydrogens (tertiary/aromatic N) is 3. The third-order valence-corrected chi connectivity index (χ3v) is 5.89. The van der Waals surface area contributed by atoms with Crippen LogP contribution < -0.4 is 10.2 Å². The second-order valence-electron chi connectivity index (χ2n) is 8.77. The first-order chi connectivity index (χ1) is 15.6. The van der Waals surface area contributed by atoms with Crippen molar-refractivity contribution >= 4 is 23.5 Å². The largest absolute Gasteiger partial charge is 0.464 e. The summed E-state index contributed by atoms with van der Waals surface area (Å²) < 4.78 is 11.9. The van der Waals surface area contributed by atoms with Gasteiger partial charge in [-0.1, -0.05) is 6.07 Å². The van der Waals surface area contributed by atoms with Gasteiger partial charge in [-0.15, -0.1) is 0 Å². The third-order valence-electron chi connectivity index (χ3n) is 5.89. The molecule has 1 aliphatic heterocycles. The molecule has 3 rings (SSSR count). The van der Waals surface area contributed by atoms with Crippen molar-refractivity contribution in [3.05, 3.63) is 47.0 Å². The van der Waals surface area contributed by atoms with Crippen molar-refractivity contribution in [1.29, 1.82) is 0 Å². The number of amides is 2. The highest BCUT2D eigenvalue weighted by molar-refractivity contribution is 6.15. The standard InChI is InChI=1S/C24H32N4O5/c1-15(2)33-11-7-10-25-23(31)24(5)13-27-14-26-19(22(30)32-6)20(27)21(29)28(24)18-9-8-16(3)17(4)12-18/h8-9,12,14-15H,7,10-11,13H2,1-6H3,(H,25,31)/t24-/m1/s1. The molecule has 1 aliphatic rings. The zero-order chi connectivity index (χ0) is 24.3. The number of carbonyl (C=O) groups excluding carboxylic acids is 3. The van der Waals surface area contributed by atoms with Crippen LogP contribution in [-0.4, -0.2) is 59.2 Å². The van der Waals surface area contributed by atoms with Crippen molar-refractivity contribution < 1.29 is 23.9 Å². The lowest BCUT2D eigenvalue weighted by Crippen LogP contribution is -2.64. The van der Waals surface area contributed by atoms with E-state index in [0.29, 0.717) is 25.3 Å². The van der Waals surface area contributed by atoms with Gasteiger partial charge in [0.05, 0.1) is 26.1 Å². The van der Waals surface area contributed by atoms with Crippen molar-refractivity contribution in [1.82, 2.24) is 14.9 Å². The lowest BCUT2D eigenvalue weighted by Gasteiger charge is -2.43. The summed E-state index contributed by atoms with van der Waals surface area (Å²) in [7, 11) is 1.24. The zero-order valence-electron chi connectivity index (χ0n) is 20.1. The Bertz CT molecular complexity index is 1060.